The minimum atomic E-state index is 0.354. The van der Waals surface area contributed by atoms with Crippen molar-refractivity contribution in [3.05, 3.63) is 151 Å². The number of fused-ring (bicyclic) bond motifs is 5. The molecule has 1 atom stereocenters. The number of allylic oxidation sites excluding steroid dienone is 6. The summed E-state index contributed by atoms with van der Waals surface area (Å²) in [5.74, 6) is 0.354. The van der Waals surface area contributed by atoms with Crippen molar-refractivity contribution < 1.29 is 0 Å². The van der Waals surface area contributed by atoms with Gasteiger partial charge in [0.05, 0.1) is 11.0 Å². The van der Waals surface area contributed by atoms with E-state index < -0.39 is 0 Å². The maximum absolute atomic E-state index is 2.53. The summed E-state index contributed by atoms with van der Waals surface area (Å²) >= 11 is 0. The van der Waals surface area contributed by atoms with E-state index in [1.807, 2.05) is 0 Å². The Kier molecular flexibility index (Phi) is 6.97. The summed E-state index contributed by atoms with van der Waals surface area (Å²) in [6, 6.07) is 42.1. The lowest BCUT2D eigenvalue weighted by molar-refractivity contribution is 0.837. The van der Waals surface area contributed by atoms with Crippen LogP contribution in [0, 0.1) is 0 Å². The van der Waals surface area contributed by atoms with E-state index in [2.05, 4.69) is 163 Å². The van der Waals surface area contributed by atoms with E-state index in [1.54, 1.807) is 0 Å². The summed E-state index contributed by atoms with van der Waals surface area (Å²) in [5, 5.41) is 5.13. The van der Waals surface area contributed by atoms with Crippen LogP contribution in [-0.2, 0) is 0 Å². The van der Waals surface area contributed by atoms with E-state index in [9.17, 15) is 0 Å². The molecule has 1 heterocycles. The molecular formula is C40H36N2. The smallest absolute Gasteiger partial charge is 0.0617 e. The Morgan fingerprint density at radius 3 is 2.31 bits per heavy atom. The average molecular weight is 545 g/mol. The van der Waals surface area contributed by atoms with Gasteiger partial charge in [0.25, 0.3) is 0 Å². The molecule has 0 aliphatic heterocycles. The molecule has 1 aromatic heterocycles. The lowest BCUT2D eigenvalue weighted by atomic mass is 9.90. The molecule has 206 valence electrons. The number of nitrogens with zero attached hydrogens (tertiary/aromatic N) is 2. The quantitative estimate of drug-likeness (QED) is 0.194. The maximum Gasteiger partial charge on any atom is 0.0617 e. The molecule has 2 heteroatoms. The normalized spacial score (nSPS) is 15.4. The van der Waals surface area contributed by atoms with E-state index in [-0.39, 0.29) is 0 Å². The molecule has 1 aliphatic rings. The van der Waals surface area contributed by atoms with Crippen molar-refractivity contribution in [1.82, 2.24) is 4.57 Å². The highest BCUT2D eigenvalue weighted by Crippen LogP contribution is 2.42. The molecular weight excluding hydrogens is 508 g/mol. The van der Waals surface area contributed by atoms with Gasteiger partial charge >= 0.3 is 0 Å². The molecule has 0 fully saturated rings. The predicted molar refractivity (Wildman–Crippen MR) is 181 cm³/mol. The average Bonchev–Trinajstić information content (AvgIpc) is 3.40. The molecule has 1 aliphatic carbocycles. The van der Waals surface area contributed by atoms with Crippen molar-refractivity contribution in [2.24, 2.45) is 0 Å². The lowest BCUT2D eigenvalue weighted by Gasteiger charge is -2.28. The first kappa shape index (κ1) is 26.1. The van der Waals surface area contributed by atoms with E-state index in [4.69, 9.17) is 0 Å². The third kappa shape index (κ3) is 4.54. The molecule has 5 aromatic carbocycles. The van der Waals surface area contributed by atoms with E-state index >= 15 is 0 Å². The molecule has 0 amide bonds. The Bertz CT molecular complexity index is 1970. The summed E-state index contributed by atoms with van der Waals surface area (Å²) < 4.78 is 2.53. The van der Waals surface area contributed by atoms with Crippen LogP contribution in [0.5, 0.6) is 0 Å². The Balaban J connectivity index is 1.47. The summed E-state index contributed by atoms with van der Waals surface area (Å²) in [5.41, 5.74) is 8.95. The molecule has 0 bridgehead atoms. The van der Waals surface area contributed by atoms with Crippen LogP contribution in [-0.4, -0.2) is 4.57 Å². The number of benzene rings is 5. The topological polar surface area (TPSA) is 8.17 Å². The molecule has 0 spiro atoms. The van der Waals surface area contributed by atoms with Crippen LogP contribution in [0.2, 0.25) is 0 Å². The minimum Gasteiger partial charge on any atom is -0.315 e. The first-order valence-electron chi connectivity index (χ1n) is 15.2. The van der Waals surface area contributed by atoms with Gasteiger partial charge in [-0.1, -0.05) is 117 Å². The van der Waals surface area contributed by atoms with Crippen molar-refractivity contribution in [2.75, 3.05) is 4.90 Å². The number of hydrogen-bond acceptors (Lipinski definition) is 1. The zero-order valence-electron chi connectivity index (χ0n) is 24.4. The molecule has 0 radical (unpaired) electrons. The van der Waals surface area contributed by atoms with Crippen LogP contribution in [0.1, 0.15) is 44.6 Å². The Morgan fingerprint density at radius 1 is 0.786 bits per heavy atom. The molecule has 0 saturated heterocycles. The van der Waals surface area contributed by atoms with E-state index in [1.165, 1.54) is 60.9 Å². The van der Waals surface area contributed by atoms with Crippen molar-refractivity contribution in [3.63, 3.8) is 0 Å². The van der Waals surface area contributed by atoms with Gasteiger partial charge in [-0.15, -0.1) is 0 Å². The number of hydrogen-bond donors (Lipinski definition) is 0. The van der Waals surface area contributed by atoms with Gasteiger partial charge in [-0.3, -0.25) is 0 Å². The van der Waals surface area contributed by atoms with Crippen molar-refractivity contribution in [1.29, 1.82) is 0 Å². The molecule has 7 rings (SSSR count). The Morgan fingerprint density at radius 2 is 1.52 bits per heavy atom. The number of anilines is 2. The molecule has 2 nitrogen and oxygen atoms in total. The van der Waals surface area contributed by atoms with Gasteiger partial charge in [-0.2, -0.15) is 0 Å². The fourth-order valence-corrected chi connectivity index (χ4v) is 6.66. The number of aromatic nitrogens is 1. The predicted octanol–water partition coefficient (Wildman–Crippen LogP) is 11.4. The van der Waals surface area contributed by atoms with Gasteiger partial charge in [-0.25, -0.2) is 0 Å². The molecule has 1 unspecified atom stereocenters. The molecule has 6 aromatic rings. The largest absolute Gasteiger partial charge is 0.315 e. The lowest BCUT2D eigenvalue weighted by Crippen LogP contribution is -2.16. The van der Waals surface area contributed by atoms with Gasteiger partial charge < -0.3 is 9.47 Å². The summed E-state index contributed by atoms with van der Waals surface area (Å²) in [6.07, 6.45) is 12.2. The second kappa shape index (κ2) is 11.2. The van der Waals surface area contributed by atoms with Crippen LogP contribution < -0.4 is 4.90 Å². The number of para-hydroxylation sites is 2. The van der Waals surface area contributed by atoms with Gasteiger partial charge in [0, 0.05) is 44.8 Å². The molecule has 0 saturated carbocycles. The monoisotopic (exact) mass is 544 g/mol. The Hall–Kier alpha value is -4.82. The molecule has 0 N–H and O–H groups in total. The second-order valence-corrected chi connectivity index (χ2v) is 11.2. The maximum atomic E-state index is 2.53. The van der Waals surface area contributed by atoms with Crippen LogP contribution in [0.15, 0.2) is 145 Å². The van der Waals surface area contributed by atoms with Crippen LogP contribution in [0.3, 0.4) is 0 Å². The minimum absolute atomic E-state index is 0.354. The second-order valence-electron chi connectivity index (χ2n) is 11.2. The van der Waals surface area contributed by atoms with E-state index in [0.29, 0.717) is 5.92 Å². The summed E-state index contributed by atoms with van der Waals surface area (Å²) in [7, 11) is 0. The zero-order chi connectivity index (χ0) is 28.5. The SMILES string of the molecule is C/C=C(\CCC)N(c1ccccc1)c1ccc2ccc3c4ccccc4n(C4=CC=CC(c5ccccc5)C4)c3c2c1. The number of rotatable bonds is 7. The first-order valence-corrected chi connectivity index (χ1v) is 15.2. The van der Waals surface area contributed by atoms with Crippen LogP contribution >= 0.6 is 0 Å². The fourth-order valence-electron chi connectivity index (χ4n) is 6.66. The Labute approximate surface area is 248 Å². The molecule has 42 heavy (non-hydrogen) atoms. The van der Waals surface area contributed by atoms with Crippen molar-refractivity contribution >= 4 is 49.7 Å². The highest BCUT2D eigenvalue weighted by molar-refractivity contribution is 6.19. The standard InChI is InChI=1S/C40H36N2/c1-3-14-32(4-2)41(33-18-9-6-10-19-33)35-25-23-30-24-26-37-36-21-11-12-22-39(36)42(40(37)38(30)28-35)34-20-13-17-31(27-34)29-15-7-5-8-16-29/h4-13,15-26,28,31H,3,14,27H2,1-2H3/b32-4+. The highest BCUT2D eigenvalue weighted by Gasteiger charge is 2.21. The summed E-state index contributed by atoms with van der Waals surface area (Å²) in [4.78, 5) is 2.43. The third-order valence-corrected chi connectivity index (χ3v) is 8.61. The van der Waals surface area contributed by atoms with Crippen molar-refractivity contribution in [3.8, 4) is 0 Å². The zero-order valence-corrected chi connectivity index (χ0v) is 24.4. The van der Waals surface area contributed by atoms with E-state index in [0.717, 1.165) is 19.3 Å². The third-order valence-electron chi connectivity index (χ3n) is 8.61. The van der Waals surface area contributed by atoms with Gasteiger partial charge in [0.2, 0.25) is 0 Å². The van der Waals surface area contributed by atoms with Gasteiger partial charge in [-0.05, 0) is 67.1 Å². The highest BCUT2D eigenvalue weighted by atomic mass is 15.1. The summed E-state index contributed by atoms with van der Waals surface area (Å²) in [6.45, 7) is 4.41. The van der Waals surface area contributed by atoms with Gasteiger partial charge in [0.15, 0.2) is 0 Å². The van der Waals surface area contributed by atoms with Crippen molar-refractivity contribution in [2.45, 2.75) is 39.0 Å². The van der Waals surface area contributed by atoms with Crippen LogP contribution in [0.25, 0.3) is 38.3 Å². The fraction of sp³-hybridized carbons (Fsp3) is 0.150. The first-order chi connectivity index (χ1) is 20.8. The van der Waals surface area contributed by atoms with Gasteiger partial charge in [0.1, 0.15) is 0 Å². The van der Waals surface area contributed by atoms with Crippen LogP contribution in [0.4, 0.5) is 11.4 Å².